The number of benzene rings is 2. The van der Waals surface area contributed by atoms with Crippen LogP contribution in [0.3, 0.4) is 0 Å². The standard InChI is InChI=1S/C20H18N2O4/c1-14(22-18(23)15-8-4-2-5-9-15)20(24)25-13-17-12-21-19(26-17)16-10-6-3-7-11-16/h2-12,14H,13H2,1H3,(H,22,23)/t14-/m1/s1. The van der Waals surface area contributed by atoms with E-state index in [9.17, 15) is 9.59 Å². The van der Waals surface area contributed by atoms with Crippen molar-refractivity contribution < 1.29 is 18.7 Å². The Kier molecular flexibility index (Phi) is 5.43. The predicted molar refractivity (Wildman–Crippen MR) is 95.1 cm³/mol. The molecule has 1 heterocycles. The normalized spacial score (nSPS) is 11.6. The van der Waals surface area contributed by atoms with Crippen molar-refractivity contribution in [2.75, 3.05) is 0 Å². The van der Waals surface area contributed by atoms with E-state index < -0.39 is 12.0 Å². The minimum absolute atomic E-state index is 0.0514. The lowest BCUT2D eigenvalue weighted by molar-refractivity contribution is -0.147. The third kappa shape index (κ3) is 4.36. The first-order valence-electron chi connectivity index (χ1n) is 8.16. The van der Waals surface area contributed by atoms with Gasteiger partial charge in [0, 0.05) is 11.1 Å². The number of hydrogen-bond donors (Lipinski definition) is 1. The van der Waals surface area contributed by atoms with Crippen molar-refractivity contribution >= 4 is 11.9 Å². The predicted octanol–water partition coefficient (Wildman–Crippen LogP) is 3.20. The number of amides is 1. The van der Waals surface area contributed by atoms with Crippen LogP contribution in [0.5, 0.6) is 0 Å². The second kappa shape index (κ2) is 8.11. The lowest BCUT2D eigenvalue weighted by Gasteiger charge is -2.12. The highest BCUT2D eigenvalue weighted by Gasteiger charge is 2.18. The second-order valence-electron chi connectivity index (χ2n) is 5.67. The number of aromatic nitrogens is 1. The van der Waals surface area contributed by atoms with Crippen LogP contribution in [0.4, 0.5) is 0 Å². The molecule has 1 amide bonds. The molecule has 2 aromatic carbocycles. The molecule has 132 valence electrons. The first kappa shape index (κ1) is 17.4. The van der Waals surface area contributed by atoms with Crippen LogP contribution in [0.15, 0.2) is 71.3 Å². The second-order valence-corrected chi connectivity index (χ2v) is 5.67. The molecule has 6 heteroatoms. The minimum Gasteiger partial charge on any atom is -0.456 e. The molecule has 0 spiro atoms. The molecular formula is C20H18N2O4. The Hall–Kier alpha value is -3.41. The number of oxazole rings is 1. The smallest absolute Gasteiger partial charge is 0.328 e. The van der Waals surface area contributed by atoms with Gasteiger partial charge in [-0.05, 0) is 31.2 Å². The first-order chi connectivity index (χ1) is 12.6. The van der Waals surface area contributed by atoms with Gasteiger partial charge in [-0.3, -0.25) is 4.79 Å². The molecule has 0 aliphatic rings. The van der Waals surface area contributed by atoms with Gasteiger partial charge in [0.05, 0.1) is 6.20 Å². The Bertz CT molecular complexity index is 875. The molecule has 0 unspecified atom stereocenters. The molecule has 0 aliphatic carbocycles. The molecule has 6 nitrogen and oxygen atoms in total. The average Bonchev–Trinajstić information content (AvgIpc) is 3.16. The van der Waals surface area contributed by atoms with Crippen LogP contribution >= 0.6 is 0 Å². The van der Waals surface area contributed by atoms with Crippen LogP contribution in [0.25, 0.3) is 11.5 Å². The molecule has 3 aromatic rings. The van der Waals surface area contributed by atoms with E-state index >= 15 is 0 Å². The lowest BCUT2D eigenvalue weighted by Crippen LogP contribution is -2.39. The van der Waals surface area contributed by atoms with Gasteiger partial charge in [-0.1, -0.05) is 36.4 Å². The van der Waals surface area contributed by atoms with Crippen molar-refractivity contribution in [1.82, 2.24) is 10.3 Å². The number of carbonyl (C=O) groups is 2. The zero-order chi connectivity index (χ0) is 18.4. The molecule has 0 saturated carbocycles. The van der Waals surface area contributed by atoms with Crippen molar-refractivity contribution in [3.05, 3.63) is 78.2 Å². The quantitative estimate of drug-likeness (QED) is 0.691. The number of carbonyl (C=O) groups excluding carboxylic acids is 2. The van der Waals surface area contributed by atoms with E-state index in [1.165, 1.54) is 6.20 Å². The summed E-state index contributed by atoms with van der Waals surface area (Å²) in [7, 11) is 0. The summed E-state index contributed by atoms with van der Waals surface area (Å²) in [4.78, 5) is 28.3. The van der Waals surface area contributed by atoms with E-state index in [4.69, 9.17) is 9.15 Å². The largest absolute Gasteiger partial charge is 0.456 e. The van der Waals surface area contributed by atoms with Gasteiger partial charge in [0.15, 0.2) is 12.4 Å². The minimum atomic E-state index is -0.778. The summed E-state index contributed by atoms with van der Waals surface area (Å²) < 4.78 is 10.8. The highest BCUT2D eigenvalue weighted by Crippen LogP contribution is 2.18. The number of esters is 1. The topological polar surface area (TPSA) is 81.4 Å². The maximum absolute atomic E-state index is 12.1. The third-order valence-electron chi connectivity index (χ3n) is 3.67. The Morgan fingerprint density at radius 3 is 2.42 bits per heavy atom. The molecule has 0 saturated heterocycles. The highest BCUT2D eigenvalue weighted by molar-refractivity contribution is 5.96. The summed E-state index contributed by atoms with van der Waals surface area (Å²) in [5, 5.41) is 2.60. The molecule has 0 radical (unpaired) electrons. The molecule has 0 fully saturated rings. The van der Waals surface area contributed by atoms with Gasteiger partial charge in [-0.15, -0.1) is 0 Å². The van der Waals surface area contributed by atoms with Crippen LogP contribution in [0.1, 0.15) is 23.0 Å². The summed E-state index contributed by atoms with van der Waals surface area (Å²) in [5.74, 6) is 0.00823. The van der Waals surface area contributed by atoms with Gasteiger partial charge in [0.25, 0.3) is 5.91 Å². The zero-order valence-corrected chi connectivity index (χ0v) is 14.2. The van der Waals surface area contributed by atoms with Gasteiger partial charge < -0.3 is 14.5 Å². The number of ether oxygens (including phenoxy) is 1. The third-order valence-corrected chi connectivity index (χ3v) is 3.67. The average molecular weight is 350 g/mol. The van der Waals surface area contributed by atoms with E-state index in [1.807, 2.05) is 36.4 Å². The fourth-order valence-electron chi connectivity index (χ4n) is 2.28. The van der Waals surface area contributed by atoms with Gasteiger partial charge in [-0.2, -0.15) is 0 Å². The molecule has 1 aromatic heterocycles. The van der Waals surface area contributed by atoms with Gasteiger partial charge in [0.1, 0.15) is 6.04 Å². The Morgan fingerprint density at radius 1 is 1.08 bits per heavy atom. The molecule has 1 atom stereocenters. The van der Waals surface area contributed by atoms with Crippen molar-refractivity contribution in [2.24, 2.45) is 0 Å². The van der Waals surface area contributed by atoms with Crippen LogP contribution in [-0.4, -0.2) is 22.9 Å². The summed E-state index contributed by atoms with van der Waals surface area (Å²) in [6.07, 6.45) is 1.52. The lowest BCUT2D eigenvalue weighted by atomic mass is 10.2. The molecule has 1 N–H and O–H groups in total. The number of rotatable bonds is 6. The van der Waals surface area contributed by atoms with E-state index in [1.54, 1.807) is 31.2 Å². The van der Waals surface area contributed by atoms with Gasteiger partial charge in [0.2, 0.25) is 5.89 Å². The van der Waals surface area contributed by atoms with E-state index in [-0.39, 0.29) is 12.5 Å². The highest BCUT2D eigenvalue weighted by atomic mass is 16.5. The number of nitrogens with zero attached hydrogens (tertiary/aromatic N) is 1. The summed E-state index contributed by atoms with van der Waals surface area (Å²) in [6.45, 7) is 1.52. The summed E-state index contributed by atoms with van der Waals surface area (Å²) >= 11 is 0. The molecule has 0 bridgehead atoms. The number of hydrogen-bond acceptors (Lipinski definition) is 5. The fraction of sp³-hybridized carbons (Fsp3) is 0.150. The van der Waals surface area contributed by atoms with Crippen LogP contribution in [-0.2, 0) is 16.1 Å². The Labute approximate surface area is 150 Å². The maximum Gasteiger partial charge on any atom is 0.328 e. The zero-order valence-electron chi connectivity index (χ0n) is 14.2. The van der Waals surface area contributed by atoms with E-state index in [0.717, 1.165) is 5.56 Å². The van der Waals surface area contributed by atoms with Crippen molar-refractivity contribution in [1.29, 1.82) is 0 Å². The maximum atomic E-state index is 12.1. The molecular weight excluding hydrogens is 332 g/mol. The van der Waals surface area contributed by atoms with Crippen molar-refractivity contribution in [3.8, 4) is 11.5 Å². The van der Waals surface area contributed by atoms with Crippen LogP contribution in [0, 0.1) is 0 Å². The SMILES string of the molecule is C[C@@H](NC(=O)c1ccccc1)C(=O)OCc1cnc(-c2ccccc2)o1. The van der Waals surface area contributed by atoms with Crippen LogP contribution < -0.4 is 5.32 Å². The van der Waals surface area contributed by atoms with Crippen molar-refractivity contribution in [2.45, 2.75) is 19.6 Å². The molecule has 3 rings (SSSR count). The Morgan fingerprint density at radius 2 is 1.73 bits per heavy atom. The summed E-state index contributed by atoms with van der Waals surface area (Å²) in [5.41, 5.74) is 1.32. The van der Waals surface area contributed by atoms with E-state index in [2.05, 4.69) is 10.3 Å². The molecule has 0 aliphatic heterocycles. The number of nitrogens with one attached hydrogen (secondary N) is 1. The van der Waals surface area contributed by atoms with Crippen molar-refractivity contribution in [3.63, 3.8) is 0 Å². The van der Waals surface area contributed by atoms with E-state index in [0.29, 0.717) is 17.2 Å². The van der Waals surface area contributed by atoms with Gasteiger partial charge >= 0.3 is 5.97 Å². The first-order valence-corrected chi connectivity index (χ1v) is 8.16. The van der Waals surface area contributed by atoms with Crippen LogP contribution in [0.2, 0.25) is 0 Å². The Balaban J connectivity index is 1.52. The monoisotopic (exact) mass is 350 g/mol. The molecule has 26 heavy (non-hydrogen) atoms. The van der Waals surface area contributed by atoms with Gasteiger partial charge in [-0.25, -0.2) is 9.78 Å². The fourth-order valence-corrected chi connectivity index (χ4v) is 2.28. The summed E-state index contributed by atoms with van der Waals surface area (Å²) in [6, 6.07) is 17.3.